The van der Waals surface area contributed by atoms with Crippen LogP contribution in [0, 0.1) is 0 Å². The van der Waals surface area contributed by atoms with Gasteiger partial charge in [-0.15, -0.1) is 0 Å². The predicted octanol–water partition coefficient (Wildman–Crippen LogP) is 1.98. The van der Waals surface area contributed by atoms with E-state index < -0.39 is 10.0 Å². The second-order valence-corrected chi connectivity index (χ2v) is 9.82. The first-order chi connectivity index (χ1) is 14.0. The van der Waals surface area contributed by atoms with Crippen molar-refractivity contribution in [2.75, 3.05) is 32.7 Å². The van der Waals surface area contributed by atoms with Crippen molar-refractivity contribution in [1.29, 1.82) is 0 Å². The van der Waals surface area contributed by atoms with Gasteiger partial charge in [0.15, 0.2) is 0 Å². The number of nitrogens with one attached hydrogen (secondary N) is 1. The Morgan fingerprint density at radius 1 is 1.10 bits per heavy atom. The summed E-state index contributed by atoms with van der Waals surface area (Å²) in [5, 5.41) is 0. The molecule has 3 aliphatic rings. The zero-order valence-electron chi connectivity index (χ0n) is 16.8. The summed E-state index contributed by atoms with van der Waals surface area (Å²) in [5.41, 5.74) is 0.643. The van der Waals surface area contributed by atoms with Gasteiger partial charge in [-0.3, -0.25) is 19.4 Å². The van der Waals surface area contributed by atoms with E-state index in [1.54, 1.807) is 18.2 Å². The lowest BCUT2D eigenvalue weighted by Gasteiger charge is -2.23. The Balaban J connectivity index is 1.16. The number of carbonyl (C=O) groups excluding carboxylic acids is 1. The molecule has 1 amide bonds. The summed E-state index contributed by atoms with van der Waals surface area (Å²) in [7, 11) is -3.47. The SMILES string of the molecule is O=C(CCCCCN=C1NS(=O)(=O)c2ccccc21)N1CCC(N2CCCC2)C1. The molecule has 0 aromatic heterocycles. The number of carbonyl (C=O) groups is 1. The second kappa shape index (κ2) is 8.83. The molecule has 1 aromatic rings. The first-order valence-corrected chi connectivity index (χ1v) is 12.2. The number of hydrogen-bond donors (Lipinski definition) is 1. The Morgan fingerprint density at radius 2 is 1.90 bits per heavy atom. The second-order valence-electron chi connectivity index (χ2n) is 8.17. The summed E-state index contributed by atoms with van der Waals surface area (Å²) in [4.78, 5) is 21.8. The maximum Gasteiger partial charge on any atom is 0.263 e. The third-order valence-electron chi connectivity index (χ3n) is 6.15. The first-order valence-electron chi connectivity index (χ1n) is 10.7. The van der Waals surface area contributed by atoms with Gasteiger partial charge in [0.05, 0.1) is 4.90 Å². The fourth-order valence-corrected chi connectivity index (χ4v) is 5.79. The largest absolute Gasteiger partial charge is 0.341 e. The predicted molar refractivity (Wildman–Crippen MR) is 112 cm³/mol. The van der Waals surface area contributed by atoms with E-state index in [-0.39, 0.29) is 5.91 Å². The van der Waals surface area contributed by atoms with Gasteiger partial charge in [-0.1, -0.05) is 18.6 Å². The molecule has 8 heteroatoms. The van der Waals surface area contributed by atoms with Crippen molar-refractivity contribution in [3.8, 4) is 0 Å². The zero-order valence-corrected chi connectivity index (χ0v) is 17.7. The van der Waals surface area contributed by atoms with Crippen molar-refractivity contribution in [2.45, 2.75) is 55.9 Å². The molecule has 1 atom stereocenters. The lowest BCUT2D eigenvalue weighted by molar-refractivity contribution is -0.130. The third-order valence-corrected chi connectivity index (χ3v) is 7.55. The number of unbranched alkanes of at least 4 members (excludes halogenated alkanes) is 2. The summed E-state index contributed by atoms with van der Waals surface area (Å²) in [6.45, 7) is 4.73. The van der Waals surface area contributed by atoms with E-state index in [1.807, 2.05) is 11.0 Å². The van der Waals surface area contributed by atoms with Gasteiger partial charge in [0.25, 0.3) is 10.0 Å². The van der Waals surface area contributed by atoms with Crippen LogP contribution < -0.4 is 4.72 Å². The molecule has 0 radical (unpaired) electrons. The zero-order chi connectivity index (χ0) is 20.3. The van der Waals surface area contributed by atoms with E-state index in [2.05, 4.69) is 14.6 Å². The summed E-state index contributed by atoms with van der Waals surface area (Å²) in [6.07, 6.45) is 6.91. The molecule has 3 aliphatic heterocycles. The summed E-state index contributed by atoms with van der Waals surface area (Å²) in [6, 6.07) is 7.46. The van der Waals surface area contributed by atoms with Crippen LogP contribution in [0.25, 0.3) is 0 Å². The van der Waals surface area contributed by atoms with Crippen molar-refractivity contribution in [1.82, 2.24) is 14.5 Å². The van der Waals surface area contributed by atoms with Crippen LogP contribution in [0.3, 0.4) is 0 Å². The highest BCUT2D eigenvalue weighted by molar-refractivity contribution is 7.90. The van der Waals surface area contributed by atoms with E-state index in [1.165, 1.54) is 25.9 Å². The molecule has 158 valence electrons. The number of amidine groups is 1. The van der Waals surface area contributed by atoms with E-state index >= 15 is 0 Å². The van der Waals surface area contributed by atoms with Crippen LogP contribution >= 0.6 is 0 Å². The van der Waals surface area contributed by atoms with Gasteiger partial charge in [0.1, 0.15) is 5.84 Å². The van der Waals surface area contributed by atoms with Crippen LogP contribution in [0.4, 0.5) is 0 Å². The minimum Gasteiger partial charge on any atom is -0.341 e. The highest BCUT2D eigenvalue weighted by atomic mass is 32.2. The molecule has 0 saturated carbocycles. The van der Waals surface area contributed by atoms with Crippen LogP contribution in [0.2, 0.25) is 0 Å². The molecule has 1 aromatic carbocycles. The first kappa shape index (κ1) is 20.3. The summed E-state index contributed by atoms with van der Waals surface area (Å²) < 4.78 is 26.7. The number of rotatable bonds is 7. The van der Waals surface area contributed by atoms with Crippen molar-refractivity contribution in [2.24, 2.45) is 4.99 Å². The van der Waals surface area contributed by atoms with Gasteiger partial charge in [-0.05, 0) is 57.3 Å². The molecule has 2 fully saturated rings. The average Bonchev–Trinajstić information content (AvgIpc) is 3.44. The number of hydrogen-bond acceptors (Lipinski definition) is 5. The molecule has 0 aliphatic carbocycles. The van der Waals surface area contributed by atoms with Gasteiger partial charge in [0, 0.05) is 37.7 Å². The van der Waals surface area contributed by atoms with Gasteiger partial charge in [-0.2, -0.15) is 0 Å². The minimum atomic E-state index is -3.47. The number of likely N-dealkylation sites (tertiary alicyclic amines) is 2. The molecule has 0 spiro atoms. The molecule has 1 N–H and O–H groups in total. The lowest BCUT2D eigenvalue weighted by atomic mass is 10.1. The van der Waals surface area contributed by atoms with Gasteiger partial charge in [0.2, 0.25) is 5.91 Å². The Kier molecular flexibility index (Phi) is 6.20. The van der Waals surface area contributed by atoms with Crippen molar-refractivity contribution in [3.05, 3.63) is 29.8 Å². The Morgan fingerprint density at radius 3 is 2.72 bits per heavy atom. The molecular formula is C21H30N4O3S. The van der Waals surface area contributed by atoms with Crippen LogP contribution in [0.1, 0.15) is 50.5 Å². The van der Waals surface area contributed by atoms with Crippen molar-refractivity contribution >= 4 is 21.8 Å². The van der Waals surface area contributed by atoms with Gasteiger partial charge < -0.3 is 4.90 Å². The molecule has 0 bridgehead atoms. The quantitative estimate of drug-likeness (QED) is 0.687. The fraction of sp³-hybridized carbons (Fsp3) is 0.619. The molecule has 29 heavy (non-hydrogen) atoms. The normalized spacial score (nSPS) is 24.8. The number of nitrogens with zero attached hydrogens (tertiary/aromatic N) is 3. The Labute approximate surface area is 173 Å². The maximum absolute atomic E-state index is 12.5. The van der Waals surface area contributed by atoms with E-state index in [0.29, 0.717) is 35.3 Å². The number of fused-ring (bicyclic) bond motifs is 1. The van der Waals surface area contributed by atoms with Crippen molar-refractivity contribution in [3.63, 3.8) is 0 Å². The van der Waals surface area contributed by atoms with E-state index in [0.717, 1.165) is 38.8 Å². The lowest BCUT2D eigenvalue weighted by Crippen LogP contribution is -2.37. The van der Waals surface area contributed by atoms with Crippen LogP contribution in [-0.2, 0) is 14.8 Å². The van der Waals surface area contributed by atoms with Gasteiger partial charge >= 0.3 is 0 Å². The maximum atomic E-state index is 12.5. The van der Waals surface area contributed by atoms with E-state index in [4.69, 9.17) is 0 Å². The molecule has 2 saturated heterocycles. The highest BCUT2D eigenvalue weighted by Crippen LogP contribution is 2.23. The number of benzene rings is 1. The number of aliphatic imine (C=N–C) groups is 1. The monoisotopic (exact) mass is 418 g/mol. The van der Waals surface area contributed by atoms with Crippen LogP contribution in [0.15, 0.2) is 34.2 Å². The molecular weight excluding hydrogens is 388 g/mol. The molecule has 3 heterocycles. The topological polar surface area (TPSA) is 82.1 Å². The average molecular weight is 419 g/mol. The summed E-state index contributed by atoms with van der Waals surface area (Å²) >= 11 is 0. The standard InChI is InChI=1S/C21H30N4O3S/c26-20(25-15-11-17(16-25)24-13-6-7-14-24)10-2-1-5-12-22-21-18-8-3-4-9-19(18)29(27,28)23-21/h3-4,8-9,17H,1-2,5-7,10-16H2,(H,22,23). The third kappa shape index (κ3) is 4.64. The minimum absolute atomic E-state index is 0.274. The number of amides is 1. The Bertz CT molecular complexity index is 878. The fourth-order valence-electron chi connectivity index (χ4n) is 4.54. The molecule has 1 unspecified atom stereocenters. The smallest absolute Gasteiger partial charge is 0.263 e. The molecule has 4 rings (SSSR count). The number of sulfonamides is 1. The van der Waals surface area contributed by atoms with Crippen LogP contribution in [-0.4, -0.2) is 68.7 Å². The van der Waals surface area contributed by atoms with Crippen molar-refractivity contribution < 1.29 is 13.2 Å². The molecule has 7 nitrogen and oxygen atoms in total. The van der Waals surface area contributed by atoms with E-state index in [9.17, 15) is 13.2 Å². The van der Waals surface area contributed by atoms with Gasteiger partial charge in [-0.25, -0.2) is 8.42 Å². The summed E-state index contributed by atoms with van der Waals surface area (Å²) in [5.74, 6) is 0.706. The van der Waals surface area contributed by atoms with Crippen LogP contribution in [0.5, 0.6) is 0 Å². The Hall–Kier alpha value is -1.93. The highest BCUT2D eigenvalue weighted by Gasteiger charge is 2.31.